The summed E-state index contributed by atoms with van der Waals surface area (Å²) >= 11 is 0. The van der Waals surface area contributed by atoms with E-state index >= 15 is 0 Å². The van der Waals surface area contributed by atoms with E-state index in [0.717, 1.165) is 25.7 Å². The van der Waals surface area contributed by atoms with E-state index in [4.69, 9.17) is 0 Å². The summed E-state index contributed by atoms with van der Waals surface area (Å²) in [6.45, 7) is 4.52. The SMILES string of the molecule is CCCCCC=CCC=CCCCCCCCC(O)CCCCCCCC=CCC=CCCCCC. The third-order valence-corrected chi connectivity index (χ3v) is 6.98. The summed E-state index contributed by atoms with van der Waals surface area (Å²) < 4.78 is 0. The zero-order chi connectivity index (χ0) is 26.2. The summed E-state index contributed by atoms with van der Waals surface area (Å²) in [5, 5.41) is 10.2. The fourth-order valence-corrected chi connectivity index (χ4v) is 4.53. The highest BCUT2D eigenvalue weighted by molar-refractivity contribution is 4.93. The van der Waals surface area contributed by atoms with Crippen LogP contribution in [0.3, 0.4) is 0 Å². The van der Waals surface area contributed by atoms with Gasteiger partial charge in [0.25, 0.3) is 0 Å². The van der Waals surface area contributed by atoms with Crippen molar-refractivity contribution in [3.63, 3.8) is 0 Å². The van der Waals surface area contributed by atoms with Gasteiger partial charge in [-0.15, -0.1) is 0 Å². The van der Waals surface area contributed by atoms with Crippen molar-refractivity contribution in [3.8, 4) is 0 Å². The largest absolute Gasteiger partial charge is 0.393 e. The van der Waals surface area contributed by atoms with Crippen molar-refractivity contribution in [1.29, 1.82) is 0 Å². The highest BCUT2D eigenvalue weighted by atomic mass is 16.3. The monoisotopic (exact) mass is 500 g/mol. The minimum Gasteiger partial charge on any atom is -0.393 e. The summed E-state index contributed by atoms with van der Waals surface area (Å²) in [7, 11) is 0. The molecule has 0 radical (unpaired) electrons. The Bertz CT molecular complexity index is 467. The summed E-state index contributed by atoms with van der Waals surface area (Å²) in [6, 6.07) is 0. The number of hydrogen-bond acceptors (Lipinski definition) is 1. The fourth-order valence-electron chi connectivity index (χ4n) is 4.53. The predicted molar refractivity (Wildman–Crippen MR) is 165 cm³/mol. The van der Waals surface area contributed by atoms with Crippen molar-refractivity contribution >= 4 is 0 Å². The maximum atomic E-state index is 10.2. The van der Waals surface area contributed by atoms with Gasteiger partial charge in [0.05, 0.1) is 6.10 Å². The first-order valence-electron chi connectivity index (χ1n) is 16.1. The molecular formula is C35H64O. The molecule has 210 valence electrons. The first-order valence-corrected chi connectivity index (χ1v) is 16.1. The standard InChI is InChI=1S/C35H64O/c1-3-5-7-9-11-13-15-17-19-21-23-25-27-29-31-33-35(36)34-32-30-28-26-24-22-20-18-16-14-12-10-8-6-4-2/h11-14,17-20,35-36H,3-10,15-16,21-34H2,1-2H3. The molecule has 1 nitrogen and oxygen atoms in total. The Balaban J connectivity index is 3.31. The van der Waals surface area contributed by atoms with Crippen molar-refractivity contribution in [2.75, 3.05) is 0 Å². The third-order valence-electron chi connectivity index (χ3n) is 6.98. The topological polar surface area (TPSA) is 20.2 Å². The average Bonchev–Trinajstić information content (AvgIpc) is 2.88. The lowest BCUT2D eigenvalue weighted by atomic mass is 10.0. The Morgan fingerprint density at radius 2 is 0.694 bits per heavy atom. The molecule has 1 N–H and O–H groups in total. The van der Waals surface area contributed by atoms with E-state index in [2.05, 4.69) is 62.5 Å². The number of aliphatic hydroxyl groups excluding tert-OH is 1. The highest BCUT2D eigenvalue weighted by Crippen LogP contribution is 2.14. The van der Waals surface area contributed by atoms with Crippen LogP contribution in [0.25, 0.3) is 0 Å². The minimum atomic E-state index is -0.0686. The van der Waals surface area contributed by atoms with E-state index in [1.165, 1.54) is 128 Å². The van der Waals surface area contributed by atoms with E-state index in [1.54, 1.807) is 0 Å². The van der Waals surface area contributed by atoms with Gasteiger partial charge in [-0.25, -0.2) is 0 Å². The number of hydrogen-bond donors (Lipinski definition) is 1. The zero-order valence-corrected chi connectivity index (χ0v) is 24.6. The van der Waals surface area contributed by atoms with Gasteiger partial charge in [0.1, 0.15) is 0 Å². The molecule has 0 atom stereocenters. The van der Waals surface area contributed by atoms with E-state index in [-0.39, 0.29) is 6.10 Å². The Labute approximate surface area is 227 Å². The molecule has 0 amide bonds. The highest BCUT2D eigenvalue weighted by Gasteiger charge is 2.03. The number of unbranched alkanes of at least 4 members (excludes halogenated alkanes) is 16. The molecule has 0 aliphatic heterocycles. The quantitative estimate of drug-likeness (QED) is 0.0836. The van der Waals surface area contributed by atoms with E-state index in [0.29, 0.717) is 0 Å². The van der Waals surface area contributed by atoms with Gasteiger partial charge >= 0.3 is 0 Å². The van der Waals surface area contributed by atoms with Gasteiger partial charge in [0.15, 0.2) is 0 Å². The smallest absolute Gasteiger partial charge is 0.0540 e. The molecule has 36 heavy (non-hydrogen) atoms. The van der Waals surface area contributed by atoms with Crippen LogP contribution in [0.1, 0.15) is 168 Å². The second-order valence-corrected chi connectivity index (χ2v) is 10.7. The van der Waals surface area contributed by atoms with E-state index in [9.17, 15) is 5.11 Å². The molecule has 0 aromatic carbocycles. The summed E-state index contributed by atoms with van der Waals surface area (Å²) in [4.78, 5) is 0. The molecule has 0 bridgehead atoms. The van der Waals surface area contributed by atoms with E-state index < -0.39 is 0 Å². The lowest BCUT2D eigenvalue weighted by molar-refractivity contribution is 0.147. The maximum absolute atomic E-state index is 10.2. The van der Waals surface area contributed by atoms with Crippen molar-refractivity contribution in [2.24, 2.45) is 0 Å². The molecule has 0 fully saturated rings. The van der Waals surface area contributed by atoms with Gasteiger partial charge in [0, 0.05) is 0 Å². The first-order chi connectivity index (χ1) is 17.8. The molecule has 0 aromatic heterocycles. The molecule has 0 unspecified atom stereocenters. The molecule has 0 aliphatic carbocycles. The molecule has 0 spiro atoms. The molecule has 1 heteroatoms. The average molecular weight is 501 g/mol. The second kappa shape index (κ2) is 31.9. The van der Waals surface area contributed by atoms with Gasteiger partial charge < -0.3 is 5.11 Å². The van der Waals surface area contributed by atoms with Crippen LogP contribution in [0.15, 0.2) is 48.6 Å². The summed E-state index contributed by atoms with van der Waals surface area (Å²) in [5.41, 5.74) is 0. The molecule has 0 heterocycles. The van der Waals surface area contributed by atoms with Crippen LogP contribution in [0, 0.1) is 0 Å². The Morgan fingerprint density at radius 3 is 1.06 bits per heavy atom. The van der Waals surface area contributed by atoms with Gasteiger partial charge in [-0.1, -0.05) is 140 Å². The van der Waals surface area contributed by atoms with E-state index in [1.807, 2.05) is 0 Å². The summed E-state index contributed by atoms with van der Waals surface area (Å²) in [5.74, 6) is 0. The second-order valence-electron chi connectivity index (χ2n) is 10.7. The third kappa shape index (κ3) is 31.0. The summed E-state index contributed by atoms with van der Waals surface area (Å²) in [6.07, 6.45) is 48.6. The van der Waals surface area contributed by atoms with Crippen molar-refractivity contribution < 1.29 is 5.11 Å². The van der Waals surface area contributed by atoms with Gasteiger partial charge in [-0.2, -0.15) is 0 Å². The Hall–Kier alpha value is -1.08. The van der Waals surface area contributed by atoms with Crippen molar-refractivity contribution in [1.82, 2.24) is 0 Å². The number of allylic oxidation sites excluding steroid dienone is 8. The number of rotatable bonds is 28. The van der Waals surface area contributed by atoms with Crippen LogP contribution in [-0.4, -0.2) is 11.2 Å². The predicted octanol–water partition coefficient (Wildman–Crippen LogP) is 12.0. The fraction of sp³-hybridized carbons (Fsp3) is 0.771. The van der Waals surface area contributed by atoms with Crippen LogP contribution in [0.5, 0.6) is 0 Å². The minimum absolute atomic E-state index is 0.0686. The van der Waals surface area contributed by atoms with Crippen molar-refractivity contribution in [3.05, 3.63) is 48.6 Å². The van der Waals surface area contributed by atoms with Crippen LogP contribution in [-0.2, 0) is 0 Å². The van der Waals surface area contributed by atoms with Gasteiger partial charge in [-0.3, -0.25) is 0 Å². The normalized spacial score (nSPS) is 13.3. The molecule has 0 saturated carbocycles. The molecule has 0 aliphatic rings. The van der Waals surface area contributed by atoms with Crippen LogP contribution in [0.4, 0.5) is 0 Å². The lowest BCUT2D eigenvalue weighted by Crippen LogP contribution is -2.05. The van der Waals surface area contributed by atoms with Crippen LogP contribution >= 0.6 is 0 Å². The van der Waals surface area contributed by atoms with Crippen LogP contribution in [0.2, 0.25) is 0 Å². The molecule has 0 saturated heterocycles. The first kappa shape index (κ1) is 34.9. The maximum Gasteiger partial charge on any atom is 0.0540 e. The molecule has 0 rings (SSSR count). The van der Waals surface area contributed by atoms with Crippen LogP contribution < -0.4 is 0 Å². The van der Waals surface area contributed by atoms with Gasteiger partial charge in [-0.05, 0) is 77.0 Å². The molecular weight excluding hydrogens is 436 g/mol. The lowest BCUT2D eigenvalue weighted by Gasteiger charge is -2.10. The Kier molecular flexibility index (Phi) is 31.0. The Morgan fingerprint density at radius 1 is 0.389 bits per heavy atom. The molecule has 0 aromatic rings. The van der Waals surface area contributed by atoms with Crippen molar-refractivity contribution in [2.45, 2.75) is 174 Å². The number of aliphatic hydroxyl groups is 1. The van der Waals surface area contributed by atoms with Gasteiger partial charge in [0.2, 0.25) is 0 Å². The zero-order valence-electron chi connectivity index (χ0n) is 24.6.